The van der Waals surface area contributed by atoms with Gasteiger partial charge in [0.2, 0.25) is 0 Å². The summed E-state index contributed by atoms with van der Waals surface area (Å²) in [4.78, 5) is 26.6. The summed E-state index contributed by atoms with van der Waals surface area (Å²) in [6, 6.07) is 31.9. The van der Waals surface area contributed by atoms with Crippen molar-refractivity contribution in [3.8, 4) is 11.1 Å². The SMILES string of the molecule is CCc1ccccc1-c1ccc(C(=O)N[C@H](/C=C/c2ccccc2)[C@@H](Cc2cccc(C(=N)N)c2)C(=O)OC)cc1. The van der Waals surface area contributed by atoms with Crippen LogP contribution in [-0.4, -0.2) is 30.9 Å². The first-order chi connectivity index (χ1) is 19.9. The second-order valence-electron chi connectivity index (χ2n) is 9.80. The standard InChI is InChI=1S/C35H35N3O3/c1-3-26-13-7-8-15-30(26)27-17-19-28(20-18-27)34(39)38-32(21-16-24-10-5-4-6-11-24)31(35(40)41-2)23-25-12-9-14-29(22-25)33(36)37/h4-22,31-32H,3,23H2,1-2H3,(H3,36,37)(H,38,39)/b21-16+/t31-,32-/m1/s1. The molecule has 208 valence electrons. The van der Waals surface area contributed by atoms with Gasteiger partial charge in [0.25, 0.3) is 5.91 Å². The first-order valence-electron chi connectivity index (χ1n) is 13.6. The Kier molecular flexibility index (Phi) is 9.84. The second kappa shape index (κ2) is 13.9. The average Bonchev–Trinajstić information content (AvgIpc) is 3.02. The van der Waals surface area contributed by atoms with E-state index in [-0.39, 0.29) is 18.2 Å². The van der Waals surface area contributed by atoms with Crippen LogP contribution < -0.4 is 11.1 Å². The molecule has 0 aliphatic heterocycles. The van der Waals surface area contributed by atoms with Crippen LogP contribution in [0.5, 0.6) is 0 Å². The molecule has 6 heteroatoms. The Morgan fingerprint density at radius 2 is 1.61 bits per heavy atom. The van der Waals surface area contributed by atoms with Gasteiger partial charge in [-0.3, -0.25) is 15.0 Å². The summed E-state index contributed by atoms with van der Waals surface area (Å²) in [5.74, 6) is -1.52. The highest BCUT2D eigenvalue weighted by Crippen LogP contribution is 2.25. The second-order valence-corrected chi connectivity index (χ2v) is 9.80. The number of nitrogens with one attached hydrogen (secondary N) is 2. The molecule has 0 aliphatic carbocycles. The van der Waals surface area contributed by atoms with Gasteiger partial charge in [0, 0.05) is 11.1 Å². The van der Waals surface area contributed by atoms with E-state index in [0.717, 1.165) is 28.7 Å². The van der Waals surface area contributed by atoms with Crippen molar-refractivity contribution in [2.24, 2.45) is 11.7 Å². The maximum absolute atomic E-state index is 13.5. The Morgan fingerprint density at radius 1 is 0.902 bits per heavy atom. The normalized spacial score (nSPS) is 12.4. The van der Waals surface area contributed by atoms with Gasteiger partial charge >= 0.3 is 5.97 Å². The summed E-state index contributed by atoms with van der Waals surface area (Å²) in [5, 5.41) is 10.8. The molecule has 41 heavy (non-hydrogen) atoms. The number of methoxy groups -OCH3 is 1. The predicted octanol–water partition coefficient (Wildman–Crippen LogP) is 6.04. The van der Waals surface area contributed by atoms with E-state index in [4.69, 9.17) is 15.9 Å². The van der Waals surface area contributed by atoms with Crippen LogP contribution >= 0.6 is 0 Å². The molecule has 0 saturated heterocycles. The molecule has 0 fully saturated rings. The third kappa shape index (κ3) is 7.57. The lowest BCUT2D eigenvalue weighted by Gasteiger charge is -2.24. The Bertz CT molecular complexity index is 1530. The number of amides is 1. The van der Waals surface area contributed by atoms with Gasteiger partial charge in [0.05, 0.1) is 19.1 Å². The molecule has 0 aromatic heterocycles. The first kappa shape index (κ1) is 29.0. The highest BCUT2D eigenvalue weighted by molar-refractivity contribution is 5.96. The fraction of sp³-hybridized carbons (Fsp3) is 0.171. The maximum atomic E-state index is 13.5. The van der Waals surface area contributed by atoms with Crippen LogP contribution in [0.15, 0.2) is 109 Å². The molecule has 4 rings (SSSR count). The molecule has 0 spiro atoms. The number of rotatable bonds is 11. The summed E-state index contributed by atoms with van der Waals surface area (Å²) in [6.45, 7) is 2.12. The fourth-order valence-electron chi connectivity index (χ4n) is 4.84. The molecule has 0 heterocycles. The number of esters is 1. The minimum absolute atomic E-state index is 0.0553. The average molecular weight is 546 g/mol. The number of hydrogen-bond donors (Lipinski definition) is 3. The molecule has 1 amide bonds. The molecule has 4 N–H and O–H groups in total. The Morgan fingerprint density at radius 3 is 2.29 bits per heavy atom. The van der Waals surface area contributed by atoms with E-state index in [1.54, 1.807) is 30.3 Å². The topological polar surface area (TPSA) is 105 Å². The summed E-state index contributed by atoms with van der Waals surface area (Å²) in [5.41, 5.74) is 11.9. The van der Waals surface area contributed by atoms with Crippen molar-refractivity contribution in [2.75, 3.05) is 7.11 Å². The van der Waals surface area contributed by atoms with Crippen LogP contribution in [0.25, 0.3) is 17.2 Å². The highest BCUT2D eigenvalue weighted by atomic mass is 16.5. The molecule has 4 aromatic rings. The Balaban J connectivity index is 1.64. The molecule has 0 unspecified atom stereocenters. The number of hydrogen-bond acceptors (Lipinski definition) is 4. The van der Waals surface area contributed by atoms with Gasteiger partial charge in [0.15, 0.2) is 0 Å². The van der Waals surface area contributed by atoms with E-state index < -0.39 is 17.9 Å². The summed E-state index contributed by atoms with van der Waals surface area (Å²) in [7, 11) is 1.34. The van der Waals surface area contributed by atoms with Crippen LogP contribution in [0.4, 0.5) is 0 Å². The molecule has 0 saturated carbocycles. The zero-order valence-electron chi connectivity index (χ0n) is 23.3. The van der Waals surface area contributed by atoms with E-state index in [2.05, 4.69) is 24.4 Å². The van der Waals surface area contributed by atoms with E-state index in [9.17, 15) is 9.59 Å². The van der Waals surface area contributed by atoms with Gasteiger partial charge < -0.3 is 15.8 Å². The van der Waals surface area contributed by atoms with Gasteiger partial charge in [-0.1, -0.05) is 104 Å². The monoisotopic (exact) mass is 545 g/mol. The van der Waals surface area contributed by atoms with Crippen LogP contribution in [0.3, 0.4) is 0 Å². The summed E-state index contributed by atoms with van der Waals surface area (Å²) < 4.78 is 5.18. The largest absolute Gasteiger partial charge is 0.469 e. The van der Waals surface area contributed by atoms with Crippen molar-refractivity contribution < 1.29 is 14.3 Å². The Labute approximate surface area is 241 Å². The predicted molar refractivity (Wildman–Crippen MR) is 165 cm³/mol. The molecule has 2 atom stereocenters. The van der Waals surface area contributed by atoms with Gasteiger partial charge in [0.1, 0.15) is 5.84 Å². The van der Waals surface area contributed by atoms with E-state index in [1.807, 2.05) is 72.8 Å². The van der Waals surface area contributed by atoms with E-state index >= 15 is 0 Å². The van der Waals surface area contributed by atoms with E-state index in [0.29, 0.717) is 11.1 Å². The van der Waals surface area contributed by atoms with Gasteiger partial charge in [-0.05, 0) is 58.9 Å². The van der Waals surface area contributed by atoms with Crippen molar-refractivity contribution in [1.82, 2.24) is 5.32 Å². The van der Waals surface area contributed by atoms with Crippen LogP contribution in [-0.2, 0) is 22.4 Å². The molecule has 0 bridgehead atoms. The van der Waals surface area contributed by atoms with Gasteiger partial charge in [-0.2, -0.15) is 0 Å². The number of benzene rings is 4. The quantitative estimate of drug-likeness (QED) is 0.121. The van der Waals surface area contributed by atoms with Crippen molar-refractivity contribution in [2.45, 2.75) is 25.8 Å². The lowest BCUT2D eigenvalue weighted by molar-refractivity contribution is -0.145. The Hall–Kier alpha value is -4.97. The van der Waals surface area contributed by atoms with Crippen molar-refractivity contribution in [1.29, 1.82) is 5.41 Å². The van der Waals surface area contributed by atoms with Crippen molar-refractivity contribution in [3.05, 3.63) is 137 Å². The molecule has 0 aliphatic rings. The lowest BCUT2D eigenvalue weighted by atomic mass is 9.90. The third-order valence-electron chi connectivity index (χ3n) is 7.08. The number of carbonyl (C=O) groups excluding carboxylic acids is 2. The zero-order chi connectivity index (χ0) is 29.2. The van der Waals surface area contributed by atoms with Crippen molar-refractivity contribution >= 4 is 23.8 Å². The van der Waals surface area contributed by atoms with Crippen LogP contribution in [0, 0.1) is 11.3 Å². The maximum Gasteiger partial charge on any atom is 0.311 e. The summed E-state index contributed by atoms with van der Waals surface area (Å²) >= 11 is 0. The molecule has 4 aromatic carbocycles. The minimum Gasteiger partial charge on any atom is -0.469 e. The highest BCUT2D eigenvalue weighted by Gasteiger charge is 2.30. The zero-order valence-corrected chi connectivity index (χ0v) is 23.3. The number of aryl methyl sites for hydroxylation is 1. The van der Waals surface area contributed by atoms with Crippen molar-refractivity contribution in [3.63, 3.8) is 0 Å². The molecule has 0 radical (unpaired) electrons. The number of nitrogens with two attached hydrogens (primary N) is 1. The lowest BCUT2D eigenvalue weighted by Crippen LogP contribution is -2.43. The first-order valence-corrected chi connectivity index (χ1v) is 13.6. The smallest absolute Gasteiger partial charge is 0.311 e. The number of carbonyl (C=O) groups is 2. The number of amidine groups is 1. The summed E-state index contributed by atoms with van der Waals surface area (Å²) in [6.07, 6.45) is 4.91. The fourth-order valence-corrected chi connectivity index (χ4v) is 4.84. The molecular weight excluding hydrogens is 510 g/mol. The number of ether oxygens (including phenoxy) is 1. The van der Waals surface area contributed by atoms with Gasteiger partial charge in [-0.25, -0.2) is 0 Å². The minimum atomic E-state index is -0.721. The molecular formula is C35H35N3O3. The number of nitrogen functional groups attached to an aromatic ring is 1. The van der Waals surface area contributed by atoms with Crippen LogP contribution in [0.2, 0.25) is 0 Å². The third-order valence-corrected chi connectivity index (χ3v) is 7.08. The van der Waals surface area contributed by atoms with Crippen LogP contribution in [0.1, 0.15) is 39.5 Å². The van der Waals surface area contributed by atoms with E-state index in [1.165, 1.54) is 12.7 Å². The molecule has 6 nitrogen and oxygen atoms in total. The van der Waals surface area contributed by atoms with Gasteiger partial charge in [-0.15, -0.1) is 0 Å².